The Kier molecular flexibility index (Phi) is 5.60. The monoisotopic (exact) mass is 522 g/mol. The Hall–Kier alpha value is -5.28. The highest BCUT2D eigenvalue weighted by molar-refractivity contribution is 6.95. The lowest BCUT2D eigenvalue weighted by Gasteiger charge is -2.17. The highest BCUT2D eigenvalue weighted by atomic mass is 15.0. The number of hydrogen-bond acceptors (Lipinski definition) is 0. The first-order valence-electron chi connectivity index (χ1n) is 14.2. The number of rotatable bonds is 5. The quantitative estimate of drug-likeness (QED) is 0.211. The molecule has 0 aliphatic carbocycles. The lowest BCUT2D eigenvalue weighted by Crippen LogP contribution is -2.51. The van der Waals surface area contributed by atoms with Gasteiger partial charge < -0.3 is 9.13 Å². The van der Waals surface area contributed by atoms with Crippen LogP contribution in [0.3, 0.4) is 0 Å². The molecule has 0 spiro atoms. The van der Waals surface area contributed by atoms with Crippen molar-refractivity contribution in [3.63, 3.8) is 0 Å². The van der Waals surface area contributed by atoms with Crippen LogP contribution in [-0.4, -0.2) is 15.8 Å². The van der Waals surface area contributed by atoms with Gasteiger partial charge in [-0.3, -0.25) is 0 Å². The van der Waals surface area contributed by atoms with Gasteiger partial charge in [0.1, 0.15) is 0 Å². The van der Waals surface area contributed by atoms with Gasteiger partial charge in [0, 0.05) is 33.7 Å². The molecule has 0 saturated heterocycles. The average molecular weight is 522 g/mol. The van der Waals surface area contributed by atoms with Gasteiger partial charge in [-0.25, -0.2) is 0 Å². The normalized spacial score (nSPS) is 11.4. The van der Waals surface area contributed by atoms with Crippen molar-refractivity contribution < 1.29 is 0 Å². The number of nitrogens with zero attached hydrogens (tertiary/aromatic N) is 2. The first kappa shape index (κ1) is 23.6. The molecule has 0 aliphatic heterocycles. The van der Waals surface area contributed by atoms with Crippen molar-refractivity contribution in [1.82, 2.24) is 9.13 Å². The first-order chi connectivity index (χ1) is 20.4. The zero-order valence-corrected chi connectivity index (χ0v) is 22.6. The molecule has 192 valence electrons. The van der Waals surface area contributed by atoms with Crippen LogP contribution in [0.25, 0.3) is 44.1 Å². The van der Waals surface area contributed by atoms with Crippen molar-refractivity contribution in [2.45, 2.75) is 0 Å². The van der Waals surface area contributed by atoms with Crippen molar-refractivity contribution in [1.29, 1.82) is 0 Å². The maximum absolute atomic E-state index is 2.44. The SMILES string of the molecule is c1ccc(B(c2ccccc2)c2ccc(-n3c4ccccc4c4ccc5c(ccn5-c5ccccc5)c43)cc2)cc1. The fourth-order valence-electron chi connectivity index (χ4n) is 6.44. The van der Waals surface area contributed by atoms with Crippen LogP contribution in [0.5, 0.6) is 0 Å². The molecule has 8 rings (SSSR count). The van der Waals surface area contributed by atoms with Crippen LogP contribution >= 0.6 is 0 Å². The third kappa shape index (κ3) is 3.89. The molecule has 3 heteroatoms. The lowest BCUT2D eigenvalue weighted by atomic mass is 9.37. The van der Waals surface area contributed by atoms with E-state index in [0.717, 1.165) is 0 Å². The maximum Gasteiger partial charge on any atom is 0.241 e. The molecule has 2 nitrogen and oxygen atoms in total. The van der Waals surface area contributed by atoms with E-state index in [1.54, 1.807) is 0 Å². The Labute approximate surface area is 239 Å². The number of benzene rings is 6. The molecule has 0 fully saturated rings. The summed E-state index contributed by atoms with van der Waals surface area (Å²) in [4.78, 5) is 0. The Morgan fingerprint density at radius 3 is 1.63 bits per heavy atom. The second kappa shape index (κ2) is 9.73. The second-order valence-corrected chi connectivity index (χ2v) is 10.6. The van der Waals surface area contributed by atoms with Gasteiger partial charge in [-0.1, -0.05) is 132 Å². The topological polar surface area (TPSA) is 9.86 Å². The van der Waals surface area contributed by atoms with Crippen LogP contribution in [0, 0.1) is 0 Å². The van der Waals surface area contributed by atoms with E-state index in [9.17, 15) is 0 Å². The van der Waals surface area contributed by atoms with Gasteiger partial charge in [0.25, 0.3) is 0 Å². The number of fused-ring (bicyclic) bond motifs is 5. The highest BCUT2D eigenvalue weighted by Crippen LogP contribution is 2.37. The number of hydrogen-bond donors (Lipinski definition) is 0. The van der Waals surface area contributed by atoms with E-state index in [-0.39, 0.29) is 6.71 Å². The first-order valence-corrected chi connectivity index (χ1v) is 14.2. The van der Waals surface area contributed by atoms with Crippen molar-refractivity contribution >= 4 is 55.8 Å². The molecule has 0 saturated carbocycles. The van der Waals surface area contributed by atoms with E-state index in [2.05, 4.69) is 173 Å². The molecule has 0 unspecified atom stereocenters. The summed E-state index contributed by atoms with van der Waals surface area (Å²) >= 11 is 0. The predicted octanol–water partition coefficient (Wildman–Crippen LogP) is 7.24. The fraction of sp³-hybridized carbons (Fsp3) is 0. The van der Waals surface area contributed by atoms with Gasteiger partial charge in [-0.15, -0.1) is 0 Å². The van der Waals surface area contributed by atoms with E-state index in [1.807, 2.05) is 0 Å². The number of aromatic nitrogens is 2. The zero-order valence-electron chi connectivity index (χ0n) is 22.6. The summed E-state index contributed by atoms with van der Waals surface area (Å²) < 4.78 is 4.72. The molecule has 0 bridgehead atoms. The standard InChI is InChI=1S/C38H27BN2/c1-4-12-28(13-5-1)39(29-14-6-2-7-15-29)30-20-22-32(23-21-30)41-37-19-11-10-18-33(37)34-24-25-36-35(38(34)41)26-27-40(36)31-16-8-3-9-17-31/h1-27H. The second-order valence-electron chi connectivity index (χ2n) is 10.6. The molecule has 8 aromatic rings. The average Bonchev–Trinajstić information content (AvgIpc) is 3.63. The minimum atomic E-state index is 0.177. The van der Waals surface area contributed by atoms with Crippen molar-refractivity contribution in [3.8, 4) is 11.4 Å². The van der Waals surface area contributed by atoms with E-state index >= 15 is 0 Å². The van der Waals surface area contributed by atoms with Crippen LogP contribution in [0.2, 0.25) is 0 Å². The van der Waals surface area contributed by atoms with Crippen molar-refractivity contribution in [2.24, 2.45) is 0 Å². The summed E-state index contributed by atoms with van der Waals surface area (Å²) in [6.45, 7) is 0.177. The minimum absolute atomic E-state index is 0.177. The smallest absolute Gasteiger partial charge is 0.241 e. The minimum Gasteiger partial charge on any atom is -0.316 e. The molecular formula is C38H27BN2. The molecule has 0 amide bonds. The summed E-state index contributed by atoms with van der Waals surface area (Å²) in [5.74, 6) is 0. The molecule has 2 aromatic heterocycles. The molecule has 41 heavy (non-hydrogen) atoms. The Balaban J connectivity index is 1.33. The third-order valence-electron chi connectivity index (χ3n) is 8.29. The summed E-state index contributed by atoms with van der Waals surface area (Å²) in [6.07, 6.45) is 2.19. The van der Waals surface area contributed by atoms with Gasteiger partial charge in [0.2, 0.25) is 6.71 Å². The molecule has 6 aromatic carbocycles. The largest absolute Gasteiger partial charge is 0.316 e. The van der Waals surface area contributed by atoms with Crippen LogP contribution in [0.1, 0.15) is 0 Å². The molecular weight excluding hydrogens is 495 g/mol. The van der Waals surface area contributed by atoms with Crippen LogP contribution in [0.15, 0.2) is 164 Å². The van der Waals surface area contributed by atoms with E-state index < -0.39 is 0 Å². The molecule has 2 heterocycles. The fourth-order valence-corrected chi connectivity index (χ4v) is 6.44. The van der Waals surface area contributed by atoms with Crippen LogP contribution < -0.4 is 16.4 Å². The summed E-state index contributed by atoms with van der Waals surface area (Å²) in [5.41, 5.74) is 9.89. The predicted molar refractivity (Wildman–Crippen MR) is 175 cm³/mol. The zero-order chi connectivity index (χ0) is 27.2. The van der Waals surface area contributed by atoms with Gasteiger partial charge in [-0.2, -0.15) is 0 Å². The van der Waals surface area contributed by atoms with E-state index in [1.165, 1.54) is 60.5 Å². The van der Waals surface area contributed by atoms with Gasteiger partial charge in [0.15, 0.2) is 0 Å². The number of para-hydroxylation sites is 2. The van der Waals surface area contributed by atoms with Crippen molar-refractivity contribution in [2.75, 3.05) is 0 Å². The van der Waals surface area contributed by atoms with E-state index in [4.69, 9.17) is 0 Å². The van der Waals surface area contributed by atoms with Crippen molar-refractivity contribution in [3.05, 3.63) is 164 Å². The van der Waals surface area contributed by atoms with Crippen LogP contribution in [0.4, 0.5) is 0 Å². The Morgan fingerprint density at radius 1 is 0.366 bits per heavy atom. The molecule has 0 radical (unpaired) electrons. The molecule has 0 N–H and O–H groups in total. The van der Waals surface area contributed by atoms with Crippen LogP contribution in [-0.2, 0) is 0 Å². The maximum atomic E-state index is 2.44. The lowest BCUT2D eigenvalue weighted by molar-refractivity contribution is 1.13. The van der Waals surface area contributed by atoms with E-state index in [0.29, 0.717) is 0 Å². The van der Waals surface area contributed by atoms with Gasteiger partial charge in [-0.05, 0) is 42.5 Å². The van der Waals surface area contributed by atoms with Gasteiger partial charge in [0.05, 0.1) is 16.6 Å². The summed E-state index contributed by atoms with van der Waals surface area (Å²) in [7, 11) is 0. The van der Waals surface area contributed by atoms with Gasteiger partial charge >= 0.3 is 0 Å². The third-order valence-corrected chi connectivity index (χ3v) is 8.29. The molecule has 0 aliphatic rings. The Bertz CT molecular complexity index is 2090. The highest BCUT2D eigenvalue weighted by Gasteiger charge is 2.22. The Morgan fingerprint density at radius 2 is 0.951 bits per heavy atom. The summed E-state index contributed by atoms with van der Waals surface area (Å²) in [5, 5.41) is 3.79. The summed E-state index contributed by atoms with van der Waals surface area (Å²) in [6, 6.07) is 56.9. The molecule has 0 atom stereocenters.